The monoisotopic (exact) mass is 321 g/mol. The summed E-state index contributed by atoms with van der Waals surface area (Å²) in [6.45, 7) is 0.710. The number of halogens is 1. The number of anilines is 1. The Morgan fingerprint density at radius 3 is 2.79 bits per heavy atom. The van der Waals surface area contributed by atoms with E-state index >= 15 is 0 Å². The SMILES string of the molecule is CN(Cc1nccn1C)c1ccc(C(=N)N)cc1Br. The molecule has 3 N–H and O–H groups in total. The van der Waals surface area contributed by atoms with Gasteiger partial charge in [-0.1, -0.05) is 0 Å². The van der Waals surface area contributed by atoms with Gasteiger partial charge in [-0.05, 0) is 34.1 Å². The van der Waals surface area contributed by atoms with Gasteiger partial charge in [-0.15, -0.1) is 0 Å². The molecule has 0 fully saturated rings. The number of nitrogens with one attached hydrogen (secondary N) is 1. The second-order valence-electron chi connectivity index (χ2n) is 4.39. The average Bonchev–Trinajstić information content (AvgIpc) is 2.74. The Hall–Kier alpha value is -1.82. The first-order valence-electron chi connectivity index (χ1n) is 5.80. The molecule has 0 spiro atoms. The van der Waals surface area contributed by atoms with Gasteiger partial charge in [0.15, 0.2) is 0 Å². The number of hydrogen-bond acceptors (Lipinski definition) is 3. The molecule has 2 rings (SSSR count). The minimum absolute atomic E-state index is 0.0685. The van der Waals surface area contributed by atoms with E-state index in [-0.39, 0.29) is 5.84 Å². The van der Waals surface area contributed by atoms with Crippen LogP contribution >= 0.6 is 15.9 Å². The van der Waals surface area contributed by atoms with E-state index in [2.05, 4.69) is 25.8 Å². The lowest BCUT2D eigenvalue weighted by atomic mass is 10.2. The number of hydrogen-bond donors (Lipinski definition) is 2. The fraction of sp³-hybridized carbons (Fsp3) is 0.231. The number of rotatable bonds is 4. The number of aryl methyl sites for hydroxylation is 1. The average molecular weight is 322 g/mol. The fourth-order valence-corrected chi connectivity index (χ4v) is 2.51. The van der Waals surface area contributed by atoms with Crippen LogP contribution < -0.4 is 10.6 Å². The van der Waals surface area contributed by atoms with Crippen molar-refractivity contribution >= 4 is 27.5 Å². The summed E-state index contributed by atoms with van der Waals surface area (Å²) >= 11 is 3.52. The molecule has 0 bridgehead atoms. The Kier molecular flexibility index (Phi) is 3.90. The van der Waals surface area contributed by atoms with Crippen LogP contribution in [0.1, 0.15) is 11.4 Å². The highest BCUT2D eigenvalue weighted by atomic mass is 79.9. The van der Waals surface area contributed by atoms with Crippen LogP contribution in [0, 0.1) is 5.41 Å². The van der Waals surface area contributed by atoms with Gasteiger partial charge in [0, 0.05) is 36.5 Å². The summed E-state index contributed by atoms with van der Waals surface area (Å²) in [5.41, 5.74) is 7.22. The molecular formula is C13H16BrN5. The van der Waals surface area contributed by atoms with Gasteiger partial charge in [0.05, 0.1) is 12.2 Å². The van der Waals surface area contributed by atoms with Crippen LogP contribution in [0.2, 0.25) is 0 Å². The minimum atomic E-state index is 0.0685. The van der Waals surface area contributed by atoms with Crippen molar-refractivity contribution < 1.29 is 0 Å². The lowest BCUT2D eigenvalue weighted by Gasteiger charge is -2.21. The van der Waals surface area contributed by atoms with E-state index in [4.69, 9.17) is 11.1 Å². The number of nitrogens with zero attached hydrogens (tertiary/aromatic N) is 3. The molecule has 1 aromatic heterocycles. The second-order valence-corrected chi connectivity index (χ2v) is 5.24. The number of amidine groups is 1. The lowest BCUT2D eigenvalue weighted by molar-refractivity contribution is 0.761. The molecule has 5 nitrogen and oxygen atoms in total. The molecule has 2 aromatic rings. The number of benzene rings is 1. The summed E-state index contributed by atoms with van der Waals surface area (Å²) in [5, 5.41) is 7.43. The predicted molar refractivity (Wildman–Crippen MR) is 80.5 cm³/mol. The Morgan fingerprint density at radius 2 is 2.26 bits per heavy atom. The molecule has 100 valence electrons. The quantitative estimate of drug-likeness (QED) is 0.669. The third kappa shape index (κ3) is 2.96. The van der Waals surface area contributed by atoms with Crippen molar-refractivity contribution in [1.29, 1.82) is 5.41 Å². The van der Waals surface area contributed by atoms with Crippen LogP contribution in [-0.2, 0) is 13.6 Å². The molecule has 19 heavy (non-hydrogen) atoms. The van der Waals surface area contributed by atoms with E-state index in [9.17, 15) is 0 Å². The van der Waals surface area contributed by atoms with E-state index in [1.165, 1.54) is 0 Å². The van der Waals surface area contributed by atoms with Crippen molar-refractivity contribution in [2.75, 3.05) is 11.9 Å². The van der Waals surface area contributed by atoms with Gasteiger partial charge < -0.3 is 15.2 Å². The summed E-state index contributed by atoms with van der Waals surface area (Å²) in [7, 11) is 3.98. The van der Waals surface area contributed by atoms with E-state index in [0.717, 1.165) is 16.0 Å². The summed E-state index contributed by atoms with van der Waals surface area (Å²) in [5.74, 6) is 1.06. The molecule has 6 heteroatoms. The largest absolute Gasteiger partial charge is 0.384 e. The highest BCUT2D eigenvalue weighted by Crippen LogP contribution is 2.27. The van der Waals surface area contributed by atoms with Crippen LogP contribution in [0.15, 0.2) is 35.1 Å². The molecule has 0 radical (unpaired) electrons. The minimum Gasteiger partial charge on any atom is -0.384 e. The van der Waals surface area contributed by atoms with Crippen LogP contribution in [0.5, 0.6) is 0 Å². The van der Waals surface area contributed by atoms with Crippen molar-refractivity contribution in [2.45, 2.75) is 6.54 Å². The fourth-order valence-electron chi connectivity index (χ4n) is 1.83. The molecule has 0 atom stereocenters. The molecular weight excluding hydrogens is 306 g/mol. The maximum absolute atomic E-state index is 7.43. The van der Waals surface area contributed by atoms with Crippen LogP contribution in [-0.4, -0.2) is 22.4 Å². The zero-order valence-corrected chi connectivity index (χ0v) is 12.5. The highest BCUT2D eigenvalue weighted by molar-refractivity contribution is 9.10. The third-order valence-corrected chi connectivity index (χ3v) is 3.60. The van der Waals surface area contributed by atoms with Gasteiger partial charge in [0.1, 0.15) is 11.7 Å². The number of aromatic nitrogens is 2. The Bertz CT molecular complexity index is 605. The van der Waals surface area contributed by atoms with Crippen molar-refractivity contribution in [3.8, 4) is 0 Å². The summed E-state index contributed by atoms with van der Waals surface area (Å²) in [4.78, 5) is 6.40. The van der Waals surface area contributed by atoms with Gasteiger partial charge in [-0.2, -0.15) is 0 Å². The molecule has 0 saturated heterocycles. The molecule has 0 aliphatic carbocycles. The smallest absolute Gasteiger partial charge is 0.127 e. The number of nitrogens with two attached hydrogens (primary N) is 1. The Balaban J connectivity index is 2.22. The zero-order chi connectivity index (χ0) is 14.0. The van der Waals surface area contributed by atoms with Crippen molar-refractivity contribution in [3.63, 3.8) is 0 Å². The maximum atomic E-state index is 7.43. The number of nitrogen functional groups attached to an aromatic ring is 1. The second kappa shape index (κ2) is 5.44. The van der Waals surface area contributed by atoms with Crippen LogP contribution in [0.25, 0.3) is 0 Å². The van der Waals surface area contributed by atoms with E-state index in [1.807, 2.05) is 43.1 Å². The third-order valence-electron chi connectivity index (χ3n) is 2.97. The van der Waals surface area contributed by atoms with Gasteiger partial charge in [-0.3, -0.25) is 5.41 Å². The summed E-state index contributed by atoms with van der Waals surface area (Å²) in [6.07, 6.45) is 3.72. The predicted octanol–water partition coefficient (Wildman–Crippen LogP) is 2.10. The molecule has 0 amide bonds. The first-order chi connectivity index (χ1) is 8.99. The Morgan fingerprint density at radius 1 is 1.53 bits per heavy atom. The van der Waals surface area contributed by atoms with E-state index in [0.29, 0.717) is 12.1 Å². The molecule has 0 saturated carbocycles. The Labute approximate surface area is 120 Å². The first kappa shape index (κ1) is 13.6. The van der Waals surface area contributed by atoms with E-state index in [1.54, 1.807) is 6.20 Å². The van der Waals surface area contributed by atoms with Gasteiger partial charge in [0.25, 0.3) is 0 Å². The number of imidazole rings is 1. The normalized spacial score (nSPS) is 10.5. The lowest BCUT2D eigenvalue weighted by Crippen LogP contribution is -2.20. The molecule has 0 aliphatic heterocycles. The van der Waals surface area contributed by atoms with Gasteiger partial charge in [-0.25, -0.2) is 4.98 Å². The van der Waals surface area contributed by atoms with Crippen molar-refractivity contribution in [2.24, 2.45) is 12.8 Å². The molecule has 1 heterocycles. The zero-order valence-electron chi connectivity index (χ0n) is 10.9. The maximum Gasteiger partial charge on any atom is 0.127 e. The van der Waals surface area contributed by atoms with Crippen molar-refractivity contribution in [3.05, 3.63) is 46.5 Å². The highest BCUT2D eigenvalue weighted by Gasteiger charge is 2.10. The summed E-state index contributed by atoms with van der Waals surface area (Å²) in [6, 6.07) is 5.65. The van der Waals surface area contributed by atoms with Crippen molar-refractivity contribution in [1.82, 2.24) is 9.55 Å². The van der Waals surface area contributed by atoms with Crippen LogP contribution in [0.3, 0.4) is 0 Å². The van der Waals surface area contributed by atoms with E-state index < -0.39 is 0 Å². The standard InChI is InChI=1S/C13H16BrN5/c1-18-6-5-17-12(18)8-19(2)11-4-3-9(13(15)16)7-10(11)14/h3-7H,8H2,1-2H3,(H3,15,16). The summed E-state index contributed by atoms with van der Waals surface area (Å²) < 4.78 is 2.91. The molecule has 1 aromatic carbocycles. The topological polar surface area (TPSA) is 70.9 Å². The molecule has 0 unspecified atom stereocenters. The van der Waals surface area contributed by atoms with Gasteiger partial charge >= 0.3 is 0 Å². The first-order valence-corrected chi connectivity index (χ1v) is 6.59. The van der Waals surface area contributed by atoms with Gasteiger partial charge in [0.2, 0.25) is 0 Å². The van der Waals surface area contributed by atoms with Crippen LogP contribution in [0.4, 0.5) is 5.69 Å². The molecule has 0 aliphatic rings.